The number of pyridine rings is 2. The first-order valence-corrected chi connectivity index (χ1v) is 11.3. The second kappa shape index (κ2) is 11.2. The van der Waals surface area contributed by atoms with Crippen LogP contribution in [0.2, 0.25) is 0 Å². The van der Waals surface area contributed by atoms with E-state index in [1.165, 1.54) is 0 Å². The van der Waals surface area contributed by atoms with Gasteiger partial charge in [-0.25, -0.2) is 4.98 Å². The summed E-state index contributed by atoms with van der Waals surface area (Å²) in [5.74, 6) is 0.848. The SMILES string of the molecule is O=C(Nc1ncccc1OCc1ccncc1)C1CCN(C(=O)CCc2ccccc2)CC1. The molecule has 1 fully saturated rings. The maximum atomic E-state index is 12.9. The van der Waals surface area contributed by atoms with Crippen molar-refractivity contribution in [1.29, 1.82) is 0 Å². The van der Waals surface area contributed by atoms with Crippen LogP contribution in [-0.2, 0) is 22.6 Å². The molecular formula is C26H28N4O3. The van der Waals surface area contributed by atoms with Gasteiger partial charge in [0.1, 0.15) is 6.61 Å². The number of anilines is 1. The first kappa shape index (κ1) is 22.5. The summed E-state index contributed by atoms with van der Waals surface area (Å²) >= 11 is 0. The topological polar surface area (TPSA) is 84.4 Å². The Morgan fingerprint density at radius 1 is 0.939 bits per heavy atom. The molecule has 7 nitrogen and oxygen atoms in total. The fourth-order valence-corrected chi connectivity index (χ4v) is 3.90. The second-order valence-electron chi connectivity index (χ2n) is 8.12. The minimum Gasteiger partial charge on any atom is -0.485 e. The van der Waals surface area contributed by atoms with Crippen molar-refractivity contribution in [2.24, 2.45) is 5.92 Å². The zero-order valence-electron chi connectivity index (χ0n) is 18.5. The molecule has 0 radical (unpaired) electrons. The van der Waals surface area contributed by atoms with Crippen molar-refractivity contribution in [1.82, 2.24) is 14.9 Å². The third kappa shape index (κ3) is 6.38. The van der Waals surface area contributed by atoms with E-state index in [1.807, 2.05) is 47.4 Å². The third-order valence-corrected chi connectivity index (χ3v) is 5.84. The van der Waals surface area contributed by atoms with Crippen molar-refractivity contribution in [3.8, 4) is 5.75 Å². The summed E-state index contributed by atoms with van der Waals surface area (Å²) in [5, 5.41) is 2.92. The van der Waals surface area contributed by atoms with E-state index in [2.05, 4.69) is 15.3 Å². The van der Waals surface area contributed by atoms with Gasteiger partial charge < -0.3 is 15.0 Å². The van der Waals surface area contributed by atoms with Crippen molar-refractivity contribution >= 4 is 17.6 Å². The fourth-order valence-electron chi connectivity index (χ4n) is 3.90. The molecule has 0 bridgehead atoms. The third-order valence-electron chi connectivity index (χ3n) is 5.84. The number of ether oxygens (including phenoxy) is 1. The largest absolute Gasteiger partial charge is 0.485 e. The molecule has 0 atom stereocenters. The Morgan fingerprint density at radius 3 is 2.45 bits per heavy atom. The molecule has 1 aliphatic rings. The molecule has 33 heavy (non-hydrogen) atoms. The van der Waals surface area contributed by atoms with E-state index in [0.29, 0.717) is 50.5 Å². The molecule has 2 amide bonds. The lowest BCUT2D eigenvalue weighted by Crippen LogP contribution is -2.41. The Kier molecular flexibility index (Phi) is 7.64. The summed E-state index contributed by atoms with van der Waals surface area (Å²) in [5.41, 5.74) is 2.15. The van der Waals surface area contributed by atoms with Crippen LogP contribution < -0.4 is 10.1 Å². The van der Waals surface area contributed by atoms with E-state index in [9.17, 15) is 9.59 Å². The average molecular weight is 445 g/mol. The van der Waals surface area contributed by atoms with Gasteiger partial charge in [0.15, 0.2) is 11.6 Å². The fraction of sp³-hybridized carbons (Fsp3) is 0.308. The van der Waals surface area contributed by atoms with E-state index >= 15 is 0 Å². The number of aryl methyl sites for hydroxylation is 1. The molecule has 2 aromatic heterocycles. The number of nitrogens with zero attached hydrogens (tertiary/aromatic N) is 3. The van der Waals surface area contributed by atoms with Gasteiger partial charge >= 0.3 is 0 Å². The molecule has 170 valence electrons. The molecule has 1 aliphatic heterocycles. The number of nitrogens with one attached hydrogen (secondary N) is 1. The van der Waals surface area contributed by atoms with Crippen molar-refractivity contribution in [3.63, 3.8) is 0 Å². The summed E-state index contributed by atoms with van der Waals surface area (Å²) in [7, 11) is 0. The predicted molar refractivity (Wildman–Crippen MR) is 126 cm³/mol. The number of carbonyl (C=O) groups excluding carboxylic acids is 2. The van der Waals surface area contributed by atoms with Gasteiger partial charge in [-0.1, -0.05) is 30.3 Å². The van der Waals surface area contributed by atoms with E-state index in [1.54, 1.807) is 30.7 Å². The summed E-state index contributed by atoms with van der Waals surface area (Å²) in [6.07, 6.45) is 7.57. The predicted octanol–water partition coefficient (Wildman–Crippen LogP) is 3.87. The first-order valence-electron chi connectivity index (χ1n) is 11.3. The summed E-state index contributed by atoms with van der Waals surface area (Å²) in [4.78, 5) is 35.6. The second-order valence-corrected chi connectivity index (χ2v) is 8.12. The standard InChI is InChI=1S/C26H28N4O3/c31-24(9-8-20-5-2-1-3-6-20)30-17-12-22(13-18-30)26(32)29-25-23(7-4-14-28-25)33-19-21-10-15-27-16-11-21/h1-7,10-11,14-16,22H,8-9,12-13,17-19H2,(H,28,29,32). The van der Waals surface area contributed by atoms with Gasteiger partial charge in [-0.15, -0.1) is 0 Å². The molecule has 3 aromatic rings. The number of amides is 2. The van der Waals surface area contributed by atoms with Crippen molar-refractivity contribution < 1.29 is 14.3 Å². The van der Waals surface area contributed by atoms with Crippen LogP contribution in [0.25, 0.3) is 0 Å². The zero-order valence-corrected chi connectivity index (χ0v) is 18.5. The molecule has 1 aromatic carbocycles. The van der Waals surface area contributed by atoms with Crippen LogP contribution in [0, 0.1) is 5.92 Å². The minimum atomic E-state index is -0.154. The highest BCUT2D eigenvalue weighted by molar-refractivity contribution is 5.93. The first-order chi connectivity index (χ1) is 16.2. The molecule has 0 saturated carbocycles. The molecule has 3 heterocycles. The Bertz CT molecular complexity index is 1050. The number of benzene rings is 1. The lowest BCUT2D eigenvalue weighted by molar-refractivity contribution is -0.134. The number of piperidine rings is 1. The van der Waals surface area contributed by atoms with Gasteiger partial charge in [-0.2, -0.15) is 0 Å². The highest BCUT2D eigenvalue weighted by Gasteiger charge is 2.28. The molecule has 0 unspecified atom stereocenters. The Labute approximate surface area is 193 Å². The monoisotopic (exact) mass is 444 g/mol. The van der Waals surface area contributed by atoms with Gasteiger partial charge in [0, 0.05) is 44.0 Å². The van der Waals surface area contributed by atoms with Crippen LogP contribution in [0.5, 0.6) is 5.75 Å². The van der Waals surface area contributed by atoms with Gasteiger partial charge in [0.2, 0.25) is 11.8 Å². The van der Waals surface area contributed by atoms with Gasteiger partial charge in [-0.05, 0) is 54.7 Å². The van der Waals surface area contributed by atoms with E-state index in [0.717, 1.165) is 17.5 Å². The van der Waals surface area contributed by atoms with Crippen LogP contribution >= 0.6 is 0 Å². The van der Waals surface area contributed by atoms with E-state index in [4.69, 9.17) is 4.74 Å². The molecule has 0 aliphatic carbocycles. The molecule has 7 heteroatoms. The quantitative estimate of drug-likeness (QED) is 0.570. The Balaban J connectivity index is 1.26. The van der Waals surface area contributed by atoms with Crippen LogP contribution in [0.3, 0.4) is 0 Å². The smallest absolute Gasteiger partial charge is 0.228 e. The van der Waals surface area contributed by atoms with E-state index < -0.39 is 0 Å². The lowest BCUT2D eigenvalue weighted by Gasteiger charge is -2.31. The van der Waals surface area contributed by atoms with Crippen LogP contribution in [0.1, 0.15) is 30.4 Å². The van der Waals surface area contributed by atoms with Crippen LogP contribution in [0.15, 0.2) is 73.2 Å². The summed E-state index contributed by atoms with van der Waals surface area (Å²) in [6, 6.07) is 17.3. The number of hydrogen-bond acceptors (Lipinski definition) is 5. The number of rotatable bonds is 8. The summed E-state index contributed by atoms with van der Waals surface area (Å²) < 4.78 is 5.87. The molecule has 0 spiro atoms. The Morgan fingerprint density at radius 2 is 1.70 bits per heavy atom. The van der Waals surface area contributed by atoms with Gasteiger partial charge in [-0.3, -0.25) is 14.6 Å². The lowest BCUT2D eigenvalue weighted by atomic mass is 9.95. The molecular weight excluding hydrogens is 416 g/mol. The molecule has 1 N–H and O–H groups in total. The maximum Gasteiger partial charge on any atom is 0.228 e. The number of carbonyl (C=O) groups is 2. The van der Waals surface area contributed by atoms with Crippen LogP contribution in [0.4, 0.5) is 5.82 Å². The minimum absolute atomic E-state index is 0.0844. The Hall–Kier alpha value is -3.74. The number of aromatic nitrogens is 2. The van der Waals surface area contributed by atoms with Gasteiger partial charge in [0.05, 0.1) is 0 Å². The zero-order chi connectivity index (χ0) is 22.9. The van der Waals surface area contributed by atoms with Crippen molar-refractivity contribution in [3.05, 3.63) is 84.3 Å². The van der Waals surface area contributed by atoms with Gasteiger partial charge in [0.25, 0.3) is 0 Å². The average Bonchev–Trinajstić information content (AvgIpc) is 2.88. The number of hydrogen-bond donors (Lipinski definition) is 1. The molecule has 4 rings (SSSR count). The van der Waals surface area contributed by atoms with Crippen molar-refractivity contribution in [2.45, 2.75) is 32.3 Å². The number of likely N-dealkylation sites (tertiary alicyclic amines) is 1. The van der Waals surface area contributed by atoms with Crippen molar-refractivity contribution in [2.75, 3.05) is 18.4 Å². The molecule has 1 saturated heterocycles. The highest BCUT2D eigenvalue weighted by atomic mass is 16.5. The van der Waals surface area contributed by atoms with E-state index in [-0.39, 0.29) is 17.7 Å². The van der Waals surface area contributed by atoms with Crippen LogP contribution in [-0.4, -0.2) is 39.8 Å². The highest BCUT2D eigenvalue weighted by Crippen LogP contribution is 2.25. The summed E-state index contributed by atoms with van der Waals surface area (Å²) in [6.45, 7) is 1.55. The maximum absolute atomic E-state index is 12.9. The normalized spacial score (nSPS) is 14.0.